The fraction of sp³-hybridized carbons (Fsp3) is 0.120. The summed E-state index contributed by atoms with van der Waals surface area (Å²) in [5, 5.41) is 12.0. The van der Waals surface area contributed by atoms with E-state index in [9.17, 15) is 33.7 Å². The number of amides is 4. The summed E-state index contributed by atoms with van der Waals surface area (Å²) >= 11 is 0. The predicted molar refractivity (Wildman–Crippen MR) is 125 cm³/mol. The Hall–Kier alpha value is -4.93. The van der Waals surface area contributed by atoms with Gasteiger partial charge in [-0.05, 0) is 48.9 Å². The number of anilines is 1. The van der Waals surface area contributed by atoms with Gasteiger partial charge < -0.3 is 0 Å². The average Bonchev–Trinajstić information content (AvgIpc) is 3.15. The van der Waals surface area contributed by atoms with Gasteiger partial charge in [-0.2, -0.15) is 0 Å². The molecule has 3 aromatic rings. The Morgan fingerprint density at radius 3 is 2.47 bits per heavy atom. The summed E-state index contributed by atoms with van der Waals surface area (Å²) in [6.45, 7) is 1.78. The molecule has 182 valence electrons. The molecule has 1 heterocycles. The van der Waals surface area contributed by atoms with Crippen molar-refractivity contribution in [2.75, 3.05) is 4.90 Å². The number of halogens is 1. The van der Waals surface area contributed by atoms with Crippen molar-refractivity contribution in [1.82, 2.24) is 10.4 Å². The van der Waals surface area contributed by atoms with E-state index in [0.717, 1.165) is 28.7 Å². The lowest BCUT2D eigenvalue weighted by Gasteiger charge is -2.28. The van der Waals surface area contributed by atoms with E-state index >= 15 is 0 Å². The van der Waals surface area contributed by atoms with Crippen LogP contribution in [-0.4, -0.2) is 39.6 Å². The topological polar surface area (TPSA) is 130 Å². The van der Waals surface area contributed by atoms with Gasteiger partial charge in [0, 0.05) is 11.6 Å². The molecule has 4 amide bonds. The Bertz CT molecular complexity index is 1410. The first kappa shape index (κ1) is 24.2. The molecule has 36 heavy (non-hydrogen) atoms. The van der Waals surface area contributed by atoms with Gasteiger partial charge in [0.1, 0.15) is 17.4 Å². The van der Waals surface area contributed by atoms with E-state index in [2.05, 4.69) is 5.43 Å². The lowest BCUT2D eigenvalue weighted by Crippen LogP contribution is -2.54. The van der Waals surface area contributed by atoms with Crippen LogP contribution in [0.3, 0.4) is 0 Å². The van der Waals surface area contributed by atoms with Crippen molar-refractivity contribution in [1.29, 1.82) is 0 Å². The fourth-order valence-electron chi connectivity index (χ4n) is 3.88. The number of hydrazine groups is 1. The highest BCUT2D eigenvalue weighted by Crippen LogP contribution is 2.27. The molecule has 4 rings (SSSR count). The molecule has 1 N–H and O–H groups in total. The van der Waals surface area contributed by atoms with Crippen molar-refractivity contribution in [3.8, 4) is 0 Å². The normalized spacial score (nSPS) is 15.1. The first-order valence-electron chi connectivity index (χ1n) is 10.7. The summed E-state index contributed by atoms with van der Waals surface area (Å²) in [7, 11) is 0. The van der Waals surface area contributed by atoms with E-state index < -0.39 is 52.5 Å². The number of hydrogen-bond acceptors (Lipinski definition) is 6. The van der Waals surface area contributed by atoms with E-state index in [1.54, 1.807) is 31.2 Å². The molecule has 1 fully saturated rings. The highest BCUT2D eigenvalue weighted by molar-refractivity contribution is 6.23. The number of carbonyl (C=O) groups is 4. The van der Waals surface area contributed by atoms with Crippen LogP contribution in [0.2, 0.25) is 0 Å². The molecule has 1 atom stereocenters. The van der Waals surface area contributed by atoms with E-state index in [0.29, 0.717) is 5.01 Å². The van der Waals surface area contributed by atoms with Crippen LogP contribution in [0.4, 0.5) is 15.8 Å². The van der Waals surface area contributed by atoms with Crippen LogP contribution in [0.25, 0.3) is 0 Å². The Morgan fingerprint density at radius 1 is 1.06 bits per heavy atom. The summed E-state index contributed by atoms with van der Waals surface area (Å²) in [4.78, 5) is 64.1. The minimum absolute atomic E-state index is 0.202. The Labute approximate surface area is 204 Å². The fourth-order valence-corrected chi connectivity index (χ4v) is 3.88. The number of aryl methyl sites for hydroxylation is 1. The van der Waals surface area contributed by atoms with E-state index in [1.807, 2.05) is 0 Å². The monoisotopic (exact) mass is 490 g/mol. The number of para-hydroxylation sites is 1. The van der Waals surface area contributed by atoms with Crippen LogP contribution in [0.1, 0.15) is 32.7 Å². The third kappa shape index (κ3) is 4.67. The zero-order valence-corrected chi connectivity index (χ0v) is 18.9. The highest BCUT2D eigenvalue weighted by atomic mass is 19.1. The van der Waals surface area contributed by atoms with Crippen molar-refractivity contribution in [2.45, 2.75) is 19.4 Å². The van der Waals surface area contributed by atoms with Gasteiger partial charge in [-0.25, -0.2) is 14.3 Å². The predicted octanol–water partition coefficient (Wildman–Crippen LogP) is 3.16. The van der Waals surface area contributed by atoms with Crippen LogP contribution in [-0.2, 0) is 9.59 Å². The molecule has 0 aliphatic carbocycles. The smallest absolute Gasteiger partial charge is 0.274 e. The number of nitro groups is 1. The number of nitro benzene ring substituents is 1. The number of hydrogen-bond donors (Lipinski definition) is 1. The highest BCUT2D eigenvalue weighted by Gasteiger charge is 2.46. The standard InChI is InChI=1S/C25H19FN4O6/c1-15-6-4-9-18(12-15)28-22(31)14-21(25(28)34)29(24(33)16-7-5-8-17(26)13-16)27-23(32)19-10-2-3-11-20(19)30(35)36/h2-13,21H,14H2,1H3,(H,27,32). The van der Waals surface area contributed by atoms with E-state index in [1.165, 1.54) is 30.3 Å². The zero-order valence-electron chi connectivity index (χ0n) is 18.9. The Balaban J connectivity index is 1.73. The average molecular weight is 490 g/mol. The lowest BCUT2D eigenvalue weighted by atomic mass is 10.1. The van der Waals surface area contributed by atoms with Crippen molar-refractivity contribution < 1.29 is 28.5 Å². The molecule has 0 bridgehead atoms. The second-order valence-electron chi connectivity index (χ2n) is 8.03. The van der Waals surface area contributed by atoms with Gasteiger partial charge >= 0.3 is 0 Å². The minimum Gasteiger partial charge on any atom is -0.274 e. The number of benzene rings is 3. The maximum Gasteiger partial charge on any atom is 0.282 e. The summed E-state index contributed by atoms with van der Waals surface area (Å²) in [5.41, 5.74) is 2.22. The van der Waals surface area contributed by atoms with Crippen LogP contribution in [0.15, 0.2) is 72.8 Å². The van der Waals surface area contributed by atoms with Gasteiger partial charge in [-0.1, -0.05) is 30.3 Å². The summed E-state index contributed by atoms with van der Waals surface area (Å²) in [6.07, 6.45) is -0.467. The third-order valence-corrected chi connectivity index (χ3v) is 5.55. The van der Waals surface area contributed by atoms with Gasteiger partial charge in [0.2, 0.25) is 5.91 Å². The number of rotatable bonds is 5. The van der Waals surface area contributed by atoms with Crippen molar-refractivity contribution in [2.24, 2.45) is 0 Å². The first-order valence-corrected chi connectivity index (χ1v) is 10.7. The molecular weight excluding hydrogens is 471 g/mol. The van der Waals surface area contributed by atoms with Crippen molar-refractivity contribution in [3.63, 3.8) is 0 Å². The van der Waals surface area contributed by atoms with E-state index in [-0.39, 0.29) is 16.8 Å². The molecule has 1 aliphatic heterocycles. The second-order valence-corrected chi connectivity index (χ2v) is 8.03. The Kier molecular flexibility index (Phi) is 6.55. The summed E-state index contributed by atoms with van der Waals surface area (Å²) in [6, 6.07) is 14.7. The number of nitrogens with one attached hydrogen (secondary N) is 1. The van der Waals surface area contributed by atoms with Gasteiger partial charge in [-0.3, -0.25) is 34.7 Å². The molecule has 11 heteroatoms. The van der Waals surface area contributed by atoms with Gasteiger partial charge in [0.25, 0.3) is 23.4 Å². The molecule has 0 radical (unpaired) electrons. The first-order chi connectivity index (χ1) is 17.2. The Morgan fingerprint density at radius 2 is 1.78 bits per heavy atom. The van der Waals surface area contributed by atoms with Gasteiger partial charge in [0.15, 0.2) is 0 Å². The minimum atomic E-state index is -1.47. The van der Waals surface area contributed by atoms with Crippen LogP contribution in [0.5, 0.6) is 0 Å². The molecule has 0 spiro atoms. The lowest BCUT2D eigenvalue weighted by molar-refractivity contribution is -0.385. The molecule has 3 aromatic carbocycles. The second kappa shape index (κ2) is 9.74. The quantitative estimate of drug-likeness (QED) is 0.332. The molecule has 1 unspecified atom stereocenters. The zero-order chi connectivity index (χ0) is 26.0. The third-order valence-electron chi connectivity index (χ3n) is 5.55. The molecule has 10 nitrogen and oxygen atoms in total. The molecule has 1 saturated heterocycles. The number of imide groups is 1. The van der Waals surface area contributed by atoms with Crippen molar-refractivity contribution in [3.05, 3.63) is 105 Å². The van der Waals surface area contributed by atoms with E-state index in [4.69, 9.17) is 0 Å². The van der Waals surface area contributed by atoms with Crippen LogP contribution in [0, 0.1) is 22.9 Å². The summed E-state index contributed by atoms with van der Waals surface area (Å²) in [5.74, 6) is -4.17. The van der Waals surface area contributed by atoms with Gasteiger partial charge in [0.05, 0.1) is 17.0 Å². The number of nitrogens with zero attached hydrogens (tertiary/aromatic N) is 3. The van der Waals surface area contributed by atoms with Gasteiger partial charge in [-0.15, -0.1) is 0 Å². The SMILES string of the molecule is Cc1cccc(N2C(=O)CC(N(NC(=O)c3ccccc3[N+](=O)[O-])C(=O)c3cccc(F)c3)C2=O)c1. The number of carbonyl (C=O) groups excluding carboxylic acids is 4. The largest absolute Gasteiger partial charge is 0.282 e. The molecule has 0 saturated carbocycles. The summed E-state index contributed by atoms with van der Waals surface area (Å²) < 4.78 is 13.8. The molecule has 1 aliphatic rings. The van der Waals surface area contributed by atoms with Crippen LogP contribution < -0.4 is 10.3 Å². The maximum atomic E-state index is 13.8. The molecular formula is C25H19FN4O6. The van der Waals surface area contributed by atoms with Crippen LogP contribution >= 0.6 is 0 Å². The maximum absolute atomic E-state index is 13.8. The molecule has 0 aromatic heterocycles. The van der Waals surface area contributed by atoms with Crippen molar-refractivity contribution >= 4 is 35.0 Å².